The third kappa shape index (κ3) is 2.28. The normalized spacial score (nSPS) is 13.3. The summed E-state index contributed by atoms with van der Waals surface area (Å²) in [5, 5.41) is 0. The Bertz CT molecular complexity index is 412. The van der Waals surface area contributed by atoms with Crippen LogP contribution in [0.2, 0.25) is 0 Å². The van der Waals surface area contributed by atoms with Crippen LogP contribution in [-0.4, -0.2) is 12.7 Å². The van der Waals surface area contributed by atoms with Crippen molar-refractivity contribution in [3.8, 4) is 11.5 Å². The fraction of sp³-hybridized carbons (Fsp3) is 0.182. The smallest absolute Gasteiger partial charge is 0.231 e. The predicted octanol–water partition coefficient (Wildman–Crippen LogP) is 1.30. The second kappa shape index (κ2) is 4.04. The summed E-state index contributed by atoms with van der Waals surface area (Å²) in [6, 6.07) is 5.59. The molecule has 1 heterocycles. The summed E-state index contributed by atoms with van der Waals surface area (Å²) in [6.45, 7) is 0.268. The molecule has 0 spiro atoms. The highest BCUT2D eigenvalue weighted by Crippen LogP contribution is 2.32. The largest absolute Gasteiger partial charge is 0.454 e. The molecule has 0 aliphatic carbocycles. The number of carbonyl (C=O) groups is 1. The van der Waals surface area contributed by atoms with Crippen molar-refractivity contribution in [2.24, 2.45) is 5.73 Å². The van der Waals surface area contributed by atoms with Gasteiger partial charge in [0, 0.05) is 6.42 Å². The van der Waals surface area contributed by atoms with Gasteiger partial charge in [-0.15, -0.1) is 0 Å². The van der Waals surface area contributed by atoms with E-state index in [1.165, 1.54) is 0 Å². The Hall–Kier alpha value is -1.97. The zero-order valence-electron chi connectivity index (χ0n) is 8.10. The predicted molar refractivity (Wildman–Crippen MR) is 55.4 cm³/mol. The number of nitrogens with two attached hydrogens (primary N) is 1. The standard InChI is InChI=1S/C11H11NO3/c12-11(13)3-1-2-8-4-5-9-10(6-8)15-7-14-9/h1-2,4-6H,3,7H2,(H2,12,13). The molecule has 1 aromatic carbocycles. The highest BCUT2D eigenvalue weighted by Gasteiger charge is 2.11. The molecule has 1 aromatic rings. The van der Waals surface area contributed by atoms with Crippen molar-refractivity contribution in [2.45, 2.75) is 6.42 Å². The number of amides is 1. The van der Waals surface area contributed by atoms with E-state index in [0.29, 0.717) is 0 Å². The lowest BCUT2D eigenvalue weighted by molar-refractivity contribution is -0.117. The Morgan fingerprint density at radius 1 is 1.40 bits per heavy atom. The van der Waals surface area contributed by atoms with Gasteiger partial charge in [0.2, 0.25) is 12.7 Å². The number of ether oxygens (including phenoxy) is 2. The second-order valence-electron chi connectivity index (χ2n) is 3.19. The van der Waals surface area contributed by atoms with E-state index < -0.39 is 0 Å². The van der Waals surface area contributed by atoms with Crippen LogP contribution in [0.3, 0.4) is 0 Å². The first kappa shape index (κ1) is 9.58. The first-order valence-electron chi connectivity index (χ1n) is 4.60. The number of rotatable bonds is 3. The molecule has 4 nitrogen and oxygen atoms in total. The van der Waals surface area contributed by atoms with Crippen molar-refractivity contribution >= 4 is 12.0 Å². The lowest BCUT2D eigenvalue weighted by Gasteiger charge is -1.97. The summed E-state index contributed by atoms with van der Waals surface area (Å²) < 4.78 is 10.4. The average Bonchev–Trinajstić information content (AvgIpc) is 2.64. The van der Waals surface area contributed by atoms with Gasteiger partial charge in [0.1, 0.15) is 0 Å². The van der Waals surface area contributed by atoms with E-state index in [1.54, 1.807) is 6.08 Å². The molecule has 1 aliphatic heterocycles. The third-order valence-electron chi connectivity index (χ3n) is 2.03. The van der Waals surface area contributed by atoms with Crippen LogP contribution < -0.4 is 15.2 Å². The van der Waals surface area contributed by atoms with E-state index >= 15 is 0 Å². The van der Waals surface area contributed by atoms with Gasteiger partial charge in [-0.3, -0.25) is 4.79 Å². The highest BCUT2D eigenvalue weighted by molar-refractivity contribution is 5.76. The van der Waals surface area contributed by atoms with Gasteiger partial charge in [0.05, 0.1) is 0 Å². The Morgan fingerprint density at radius 3 is 3.00 bits per heavy atom. The molecular formula is C11H11NO3. The number of hydrogen-bond acceptors (Lipinski definition) is 3. The maximum absolute atomic E-state index is 10.5. The van der Waals surface area contributed by atoms with Gasteiger partial charge in [-0.2, -0.15) is 0 Å². The molecule has 2 rings (SSSR count). The van der Waals surface area contributed by atoms with Gasteiger partial charge in [0.25, 0.3) is 0 Å². The van der Waals surface area contributed by atoms with Crippen LogP contribution in [0.5, 0.6) is 11.5 Å². The molecule has 1 aliphatic rings. The molecular weight excluding hydrogens is 194 g/mol. The first-order valence-corrected chi connectivity index (χ1v) is 4.60. The van der Waals surface area contributed by atoms with Crippen molar-refractivity contribution in [3.05, 3.63) is 29.8 Å². The van der Waals surface area contributed by atoms with Gasteiger partial charge < -0.3 is 15.2 Å². The number of fused-ring (bicyclic) bond motifs is 1. The topological polar surface area (TPSA) is 61.6 Å². The van der Waals surface area contributed by atoms with Crippen molar-refractivity contribution in [3.63, 3.8) is 0 Å². The van der Waals surface area contributed by atoms with E-state index in [-0.39, 0.29) is 19.1 Å². The molecule has 0 fully saturated rings. The highest BCUT2D eigenvalue weighted by atomic mass is 16.7. The van der Waals surface area contributed by atoms with Crippen LogP contribution in [0.4, 0.5) is 0 Å². The Morgan fingerprint density at radius 2 is 2.20 bits per heavy atom. The Labute approximate surface area is 87.3 Å². The fourth-order valence-corrected chi connectivity index (χ4v) is 1.33. The summed E-state index contributed by atoms with van der Waals surface area (Å²) >= 11 is 0. The van der Waals surface area contributed by atoms with Crippen LogP contribution in [0, 0.1) is 0 Å². The Kier molecular flexibility index (Phi) is 2.58. The van der Waals surface area contributed by atoms with Gasteiger partial charge in [0.15, 0.2) is 11.5 Å². The number of benzene rings is 1. The molecule has 0 atom stereocenters. The molecule has 0 bridgehead atoms. The van der Waals surface area contributed by atoms with Crippen LogP contribution in [0.15, 0.2) is 24.3 Å². The van der Waals surface area contributed by atoms with Crippen molar-refractivity contribution in [1.29, 1.82) is 0 Å². The minimum atomic E-state index is -0.341. The summed E-state index contributed by atoms with van der Waals surface area (Å²) in [6.07, 6.45) is 3.79. The van der Waals surface area contributed by atoms with Gasteiger partial charge in [-0.25, -0.2) is 0 Å². The summed E-state index contributed by atoms with van der Waals surface area (Å²) in [5.41, 5.74) is 5.97. The van der Waals surface area contributed by atoms with Gasteiger partial charge in [-0.05, 0) is 17.7 Å². The maximum atomic E-state index is 10.5. The van der Waals surface area contributed by atoms with Crippen molar-refractivity contribution in [2.75, 3.05) is 6.79 Å². The first-order chi connectivity index (χ1) is 7.25. The molecule has 0 unspecified atom stereocenters. The van der Waals surface area contributed by atoms with Crippen molar-refractivity contribution in [1.82, 2.24) is 0 Å². The van der Waals surface area contributed by atoms with Crippen LogP contribution >= 0.6 is 0 Å². The Balaban J connectivity index is 2.10. The molecule has 0 saturated carbocycles. The number of carbonyl (C=O) groups excluding carboxylic acids is 1. The number of primary amides is 1. The van der Waals surface area contributed by atoms with Crippen LogP contribution in [0.1, 0.15) is 12.0 Å². The zero-order chi connectivity index (χ0) is 10.7. The van der Waals surface area contributed by atoms with E-state index in [0.717, 1.165) is 17.1 Å². The van der Waals surface area contributed by atoms with Gasteiger partial charge in [-0.1, -0.05) is 18.2 Å². The summed E-state index contributed by atoms with van der Waals surface area (Å²) in [5.74, 6) is 1.14. The fourth-order valence-electron chi connectivity index (χ4n) is 1.33. The minimum absolute atomic E-state index is 0.244. The van der Waals surface area contributed by atoms with E-state index in [4.69, 9.17) is 15.2 Å². The summed E-state index contributed by atoms with van der Waals surface area (Å²) in [4.78, 5) is 10.5. The minimum Gasteiger partial charge on any atom is -0.454 e. The van der Waals surface area contributed by atoms with E-state index in [2.05, 4.69) is 0 Å². The molecule has 4 heteroatoms. The molecule has 1 amide bonds. The molecule has 0 radical (unpaired) electrons. The summed E-state index contributed by atoms with van der Waals surface area (Å²) in [7, 11) is 0. The maximum Gasteiger partial charge on any atom is 0.231 e. The molecule has 0 saturated heterocycles. The lowest BCUT2D eigenvalue weighted by atomic mass is 10.2. The average molecular weight is 205 g/mol. The molecule has 2 N–H and O–H groups in total. The quantitative estimate of drug-likeness (QED) is 0.809. The van der Waals surface area contributed by atoms with Gasteiger partial charge >= 0.3 is 0 Å². The number of hydrogen-bond donors (Lipinski definition) is 1. The lowest BCUT2D eigenvalue weighted by Crippen LogP contribution is -2.07. The molecule has 0 aromatic heterocycles. The monoisotopic (exact) mass is 205 g/mol. The third-order valence-corrected chi connectivity index (χ3v) is 2.03. The van der Waals surface area contributed by atoms with Crippen LogP contribution in [0.25, 0.3) is 6.08 Å². The second-order valence-corrected chi connectivity index (χ2v) is 3.19. The van der Waals surface area contributed by atoms with E-state index in [9.17, 15) is 4.79 Å². The van der Waals surface area contributed by atoms with Crippen molar-refractivity contribution < 1.29 is 14.3 Å². The molecule has 15 heavy (non-hydrogen) atoms. The zero-order valence-corrected chi connectivity index (χ0v) is 8.10. The molecule has 78 valence electrons. The van der Waals surface area contributed by atoms with E-state index in [1.807, 2.05) is 24.3 Å². The van der Waals surface area contributed by atoms with Crippen LogP contribution in [-0.2, 0) is 4.79 Å². The SMILES string of the molecule is NC(=O)CC=Cc1ccc2c(c1)OCO2.